The Hall–Kier alpha value is -0.420. The van der Waals surface area contributed by atoms with Crippen LogP contribution in [0.4, 0.5) is 0 Å². The standard InChI is InChI=1S/C7H16NO5P/c1-2-3-4-5(14(11,12)13)6(8)7(9)10/h5-6H,2-4,8H2,1H3,(H,9,10)(H2,11,12,13). The van der Waals surface area contributed by atoms with E-state index in [4.69, 9.17) is 20.6 Å². The normalized spacial score (nSPS) is 16.3. The van der Waals surface area contributed by atoms with Crippen LogP contribution in [-0.2, 0) is 9.36 Å². The van der Waals surface area contributed by atoms with Gasteiger partial charge in [0.2, 0.25) is 0 Å². The number of nitrogens with two attached hydrogens (primary N) is 1. The number of hydrogen-bond acceptors (Lipinski definition) is 3. The van der Waals surface area contributed by atoms with Gasteiger partial charge in [-0.2, -0.15) is 0 Å². The van der Waals surface area contributed by atoms with Gasteiger partial charge in [-0.25, -0.2) is 0 Å². The van der Waals surface area contributed by atoms with Crippen LogP contribution >= 0.6 is 7.60 Å². The molecule has 0 rings (SSSR count). The molecule has 0 amide bonds. The third-order valence-corrected chi connectivity index (χ3v) is 3.43. The zero-order chi connectivity index (χ0) is 11.4. The highest BCUT2D eigenvalue weighted by Crippen LogP contribution is 2.44. The Morgan fingerprint density at radius 2 is 2.00 bits per heavy atom. The summed E-state index contributed by atoms with van der Waals surface area (Å²) >= 11 is 0. The van der Waals surface area contributed by atoms with Crippen molar-refractivity contribution < 1.29 is 24.3 Å². The number of rotatable bonds is 6. The molecule has 0 aromatic rings. The second kappa shape index (κ2) is 5.46. The summed E-state index contributed by atoms with van der Waals surface area (Å²) in [6, 6.07) is -1.50. The molecule has 5 N–H and O–H groups in total. The minimum atomic E-state index is -4.42. The quantitative estimate of drug-likeness (QED) is 0.477. The first-order chi connectivity index (χ1) is 6.30. The molecule has 0 spiro atoms. The van der Waals surface area contributed by atoms with Gasteiger partial charge in [-0.15, -0.1) is 0 Å². The van der Waals surface area contributed by atoms with Crippen LogP contribution in [0.5, 0.6) is 0 Å². The third kappa shape index (κ3) is 4.19. The molecule has 0 radical (unpaired) electrons. The first kappa shape index (κ1) is 13.6. The Labute approximate surface area is 82.3 Å². The Morgan fingerprint density at radius 1 is 1.50 bits per heavy atom. The Balaban J connectivity index is 4.56. The smallest absolute Gasteiger partial charge is 0.330 e. The van der Waals surface area contributed by atoms with Gasteiger partial charge in [0.05, 0.1) is 5.66 Å². The van der Waals surface area contributed by atoms with Crippen molar-refractivity contribution in [3.63, 3.8) is 0 Å². The van der Waals surface area contributed by atoms with Gasteiger partial charge in [-0.3, -0.25) is 9.36 Å². The van der Waals surface area contributed by atoms with Crippen LogP contribution in [0, 0.1) is 0 Å². The Morgan fingerprint density at radius 3 is 2.29 bits per heavy atom. The molecule has 0 fully saturated rings. The topological polar surface area (TPSA) is 121 Å². The van der Waals surface area contributed by atoms with Crippen LogP contribution in [0.1, 0.15) is 26.2 Å². The number of unbranched alkanes of at least 4 members (excludes halogenated alkanes) is 1. The van der Waals surface area contributed by atoms with Gasteiger partial charge in [0.1, 0.15) is 6.04 Å². The van der Waals surface area contributed by atoms with Crippen molar-refractivity contribution in [2.45, 2.75) is 37.9 Å². The van der Waals surface area contributed by atoms with Crippen molar-refractivity contribution in [2.75, 3.05) is 0 Å². The second-order valence-corrected chi connectivity index (χ2v) is 5.00. The minimum Gasteiger partial charge on any atom is -0.480 e. The van der Waals surface area contributed by atoms with E-state index in [0.717, 1.165) is 6.42 Å². The fourth-order valence-electron chi connectivity index (χ4n) is 1.13. The van der Waals surface area contributed by atoms with Crippen molar-refractivity contribution in [3.05, 3.63) is 0 Å². The lowest BCUT2D eigenvalue weighted by Gasteiger charge is -2.21. The van der Waals surface area contributed by atoms with Crippen LogP contribution in [0.15, 0.2) is 0 Å². The molecule has 0 aliphatic carbocycles. The van der Waals surface area contributed by atoms with E-state index >= 15 is 0 Å². The molecular weight excluding hydrogens is 209 g/mol. The molecule has 0 aliphatic rings. The lowest BCUT2D eigenvalue weighted by Crippen LogP contribution is -2.41. The molecule has 0 heterocycles. The minimum absolute atomic E-state index is 0.133. The van der Waals surface area contributed by atoms with Gasteiger partial charge in [-0.1, -0.05) is 19.8 Å². The predicted octanol–water partition coefficient (Wildman–Crippen LogP) is 0.135. The molecule has 0 saturated carbocycles. The molecule has 7 heteroatoms. The molecule has 84 valence electrons. The van der Waals surface area contributed by atoms with Crippen molar-refractivity contribution in [1.29, 1.82) is 0 Å². The van der Waals surface area contributed by atoms with E-state index in [9.17, 15) is 9.36 Å². The van der Waals surface area contributed by atoms with Gasteiger partial charge in [0.25, 0.3) is 0 Å². The maximum atomic E-state index is 10.9. The number of carboxylic acid groups (broad SMARTS) is 1. The van der Waals surface area contributed by atoms with E-state index in [2.05, 4.69) is 0 Å². The molecule has 0 aliphatic heterocycles. The Bertz CT molecular complexity index is 238. The monoisotopic (exact) mass is 225 g/mol. The maximum absolute atomic E-state index is 10.9. The summed E-state index contributed by atoms with van der Waals surface area (Å²) < 4.78 is 10.9. The number of carbonyl (C=O) groups is 1. The summed E-state index contributed by atoms with van der Waals surface area (Å²) in [6.45, 7) is 1.85. The van der Waals surface area contributed by atoms with Crippen LogP contribution in [0.3, 0.4) is 0 Å². The number of aliphatic carboxylic acids is 1. The fraction of sp³-hybridized carbons (Fsp3) is 0.857. The zero-order valence-corrected chi connectivity index (χ0v) is 8.85. The third-order valence-electron chi connectivity index (χ3n) is 1.99. The summed E-state index contributed by atoms with van der Waals surface area (Å²) in [4.78, 5) is 28.3. The van der Waals surface area contributed by atoms with Crippen molar-refractivity contribution in [3.8, 4) is 0 Å². The van der Waals surface area contributed by atoms with E-state index in [1.54, 1.807) is 0 Å². The first-order valence-corrected chi connectivity index (χ1v) is 6.02. The van der Waals surface area contributed by atoms with Crippen LogP contribution in [0.2, 0.25) is 0 Å². The van der Waals surface area contributed by atoms with E-state index in [0.29, 0.717) is 6.42 Å². The molecule has 2 atom stereocenters. The van der Waals surface area contributed by atoms with Gasteiger partial charge in [-0.05, 0) is 6.42 Å². The molecule has 6 nitrogen and oxygen atoms in total. The van der Waals surface area contributed by atoms with E-state index < -0.39 is 25.3 Å². The van der Waals surface area contributed by atoms with Crippen molar-refractivity contribution in [2.24, 2.45) is 5.73 Å². The highest BCUT2D eigenvalue weighted by molar-refractivity contribution is 7.52. The second-order valence-electron chi connectivity index (χ2n) is 3.16. The molecular formula is C7H16NO5P. The summed E-state index contributed by atoms with van der Waals surface area (Å²) in [6.07, 6.45) is 1.42. The van der Waals surface area contributed by atoms with E-state index in [-0.39, 0.29) is 6.42 Å². The van der Waals surface area contributed by atoms with Crippen LogP contribution < -0.4 is 5.73 Å². The predicted molar refractivity (Wildman–Crippen MR) is 51.0 cm³/mol. The molecule has 0 bridgehead atoms. The highest BCUT2D eigenvalue weighted by atomic mass is 31.2. The van der Waals surface area contributed by atoms with Crippen LogP contribution in [0.25, 0.3) is 0 Å². The summed E-state index contributed by atoms with van der Waals surface area (Å²) in [5.41, 5.74) is 3.92. The van der Waals surface area contributed by atoms with Gasteiger partial charge < -0.3 is 20.6 Å². The van der Waals surface area contributed by atoms with Crippen molar-refractivity contribution >= 4 is 13.6 Å². The number of hydrogen-bond donors (Lipinski definition) is 4. The molecule has 14 heavy (non-hydrogen) atoms. The number of carboxylic acids is 1. The summed E-state index contributed by atoms with van der Waals surface area (Å²) in [7, 11) is -4.42. The lowest BCUT2D eigenvalue weighted by atomic mass is 10.1. The Kier molecular flexibility index (Phi) is 5.29. The van der Waals surface area contributed by atoms with E-state index in [1.807, 2.05) is 6.92 Å². The summed E-state index contributed by atoms with van der Waals surface area (Å²) in [5.74, 6) is -1.38. The summed E-state index contributed by atoms with van der Waals surface area (Å²) in [5, 5.41) is 8.55. The average Bonchev–Trinajstić information content (AvgIpc) is 2.02. The van der Waals surface area contributed by atoms with E-state index in [1.165, 1.54) is 0 Å². The average molecular weight is 225 g/mol. The largest absolute Gasteiger partial charge is 0.480 e. The first-order valence-electron chi connectivity index (χ1n) is 4.34. The SMILES string of the molecule is CCCCC(C(N)C(=O)O)P(=O)(O)O. The lowest BCUT2D eigenvalue weighted by molar-refractivity contribution is -0.138. The molecule has 2 unspecified atom stereocenters. The molecule has 0 aromatic heterocycles. The van der Waals surface area contributed by atoms with Crippen molar-refractivity contribution in [1.82, 2.24) is 0 Å². The van der Waals surface area contributed by atoms with Gasteiger partial charge in [0, 0.05) is 0 Å². The highest BCUT2D eigenvalue weighted by Gasteiger charge is 2.37. The van der Waals surface area contributed by atoms with Crippen LogP contribution in [-0.4, -0.2) is 32.6 Å². The zero-order valence-electron chi connectivity index (χ0n) is 7.96. The maximum Gasteiger partial charge on any atom is 0.330 e. The van der Waals surface area contributed by atoms with Gasteiger partial charge >= 0.3 is 13.6 Å². The molecule has 0 aromatic carbocycles. The molecule has 0 saturated heterocycles. The van der Waals surface area contributed by atoms with Gasteiger partial charge in [0.15, 0.2) is 0 Å². The fourth-order valence-corrected chi connectivity index (χ4v) is 2.20.